The quantitative estimate of drug-likeness (QED) is 0.730. The third kappa shape index (κ3) is 2.74. The lowest BCUT2D eigenvalue weighted by Gasteiger charge is -2.06. The third-order valence-corrected chi connectivity index (χ3v) is 4.87. The number of anilines is 2. The topological polar surface area (TPSA) is 94.9 Å². The molecule has 0 saturated carbocycles. The third-order valence-electron chi connectivity index (χ3n) is 2.96. The van der Waals surface area contributed by atoms with Crippen molar-refractivity contribution in [2.24, 2.45) is 0 Å². The van der Waals surface area contributed by atoms with Crippen LogP contribution in [0.15, 0.2) is 56.7 Å². The van der Waals surface area contributed by atoms with Crippen LogP contribution in [0.4, 0.5) is 11.8 Å². The first kappa shape index (κ1) is 14.0. The number of halogens is 1. The van der Waals surface area contributed by atoms with E-state index >= 15 is 0 Å². The normalized spacial score (nSPS) is 12.4. The standard InChI is InChI=1S/C14H11BrN4OS/c15-8-1-3-9(4-2-8)21(20)10-5-6-12-11(7-10)13(16)19-14(17)18-12/h1-7H,(H4,16,17,18,19)/t21-/m1/s1. The zero-order chi connectivity index (χ0) is 15.0. The number of hydrogen-bond donors (Lipinski definition) is 2. The summed E-state index contributed by atoms with van der Waals surface area (Å²) in [6, 6.07) is 12.6. The monoisotopic (exact) mass is 362 g/mol. The van der Waals surface area contributed by atoms with Crippen molar-refractivity contribution in [1.29, 1.82) is 0 Å². The molecule has 0 aliphatic rings. The Hall–Kier alpha value is -1.99. The Labute approximate surface area is 132 Å². The second-order valence-corrected chi connectivity index (χ2v) is 6.76. The first-order valence-corrected chi connectivity index (χ1v) is 7.99. The predicted molar refractivity (Wildman–Crippen MR) is 87.2 cm³/mol. The molecule has 2 aromatic carbocycles. The Morgan fingerprint density at radius 1 is 0.952 bits per heavy atom. The molecule has 1 heterocycles. The lowest BCUT2D eigenvalue weighted by Crippen LogP contribution is -2.01. The molecule has 0 fully saturated rings. The molecule has 3 rings (SSSR count). The van der Waals surface area contributed by atoms with Crippen molar-refractivity contribution in [3.05, 3.63) is 46.9 Å². The first-order valence-electron chi connectivity index (χ1n) is 6.05. The van der Waals surface area contributed by atoms with Gasteiger partial charge in [0.15, 0.2) is 0 Å². The predicted octanol–water partition coefficient (Wildman–Crippen LogP) is 2.72. The van der Waals surface area contributed by atoms with Gasteiger partial charge in [-0.2, -0.15) is 4.98 Å². The number of nitrogen functional groups attached to an aromatic ring is 2. The van der Waals surface area contributed by atoms with E-state index in [0.717, 1.165) is 4.47 Å². The van der Waals surface area contributed by atoms with Gasteiger partial charge in [-0.05, 0) is 42.5 Å². The largest absolute Gasteiger partial charge is 0.383 e. The zero-order valence-electron chi connectivity index (χ0n) is 10.8. The summed E-state index contributed by atoms with van der Waals surface area (Å²) in [6.07, 6.45) is 0. The average molecular weight is 363 g/mol. The number of fused-ring (bicyclic) bond motifs is 1. The minimum absolute atomic E-state index is 0.127. The van der Waals surface area contributed by atoms with Crippen LogP contribution in [-0.2, 0) is 10.8 Å². The number of nitrogens with zero attached hydrogens (tertiary/aromatic N) is 2. The summed E-state index contributed by atoms with van der Waals surface area (Å²) >= 11 is 3.36. The highest BCUT2D eigenvalue weighted by atomic mass is 79.9. The van der Waals surface area contributed by atoms with Crippen molar-refractivity contribution in [2.75, 3.05) is 11.5 Å². The van der Waals surface area contributed by atoms with Crippen LogP contribution in [-0.4, -0.2) is 14.2 Å². The van der Waals surface area contributed by atoms with Gasteiger partial charge in [0.05, 0.1) is 16.3 Å². The van der Waals surface area contributed by atoms with Gasteiger partial charge >= 0.3 is 0 Å². The Morgan fingerprint density at radius 3 is 2.33 bits per heavy atom. The van der Waals surface area contributed by atoms with Gasteiger partial charge in [-0.25, -0.2) is 9.19 Å². The van der Waals surface area contributed by atoms with E-state index < -0.39 is 10.8 Å². The van der Waals surface area contributed by atoms with Crippen LogP contribution in [0.5, 0.6) is 0 Å². The van der Waals surface area contributed by atoms with Crippen molar-refractivity contribution < 1.29 is 4.21 Å². The molecule has 21 heavy (non-hydrogen) atoms. The van der Waals surface area contributed by atoms with Gasteiger partial charge in [0.1, 0.15) is 5.82 Å². The molecule has 0 bridgehead atoms. The van der Waals surface area contributed by atoms with Crippen LogP contribution < -0.4 is 11.5 Å². The van der Waals surface area contributed by atoms with Gasteiger partial charge in [-0.15, -0.1) is 0 Å². The van der Waals surface area contributed by atoms with E-state index in [1.165, 1.54) is 0 Å². The molecule has 0 aliphatic heterocycles. The lowest BCUT2D eigenvalue weighted by molar-refractivity contribution is 0.683. The molecule has 1 aromatic heterocycles. The molecule has 0 radical (unpaired) electrons. The van der Waals surface area contributed by atoms with Crippen molar-refractivity contribution in [3.63, 3.8) is 0 Å². The molecular weight excluding hydrogens is 352 g/mol. The van der Waals surface area contributed by atoms with Crippen LogP contribution in [0.3, 0.4) is 0 Å². The Balaban J connectivity index is 2.08. The molecule has 1 atom stereocenters. The molecule has 3 aromatic rings. The van der Waals surface area contributed by atoms with Crippen LogP contribution in [0, 0.1) is 0 Å². The van der Waals surface area contributed by atoms with Crippen LogP contribution in [0.2, 0.25) is 0 Å². The van der Waals surface area contributed by atoms with E-state index in [4.69, 9.17) is 11.5 Å². The van der Waals surface area contributed by atoms with Gasteiger partial charge in [-0.3, -0.25) is 0 Å². The summed E-state index contributed by atoms with van der Waals surface area (Å²) < 4.78 is 13.5. The maximum absolute atomic E-state index is 12.6. The molecule has 0 saturated heterocycles. The van der Waals surface area contributed by atoms with Crippen LogP contribution >= 0.6 is 15.9 Å². The number of aromatic nitrogens is 2. The van der Waals surface area contributed by atoms with E-state index in [1.54, 1.807) is 18.2 Å². The maximum atomic E-state index is 12.6. The summed E-state index contributed by atoms with van der Waals surface area (Å²) in [6.45, 7) is 0. The molecule has 0 amide bonds. The summed E-state index contributed by atoms with van der Waals surface area (Å²) in [5.41, 5.74) is 12.0. The number of benzene rings is 2. The van der Waals surface area contributed by atoms with Crippen molar-refractivity contribution in [1.82, 2.24) is 9.97 Å². The van der Waals surface area contributed by atoms with Gasteiger partial charge in [0.25, 0.3) is 0 Å². The summed E-state index contributed by atoms with van der Waals surface area (Å²) in [5.74, 6) is 0.411. The summed E-state index contributed by atoms with van der Waals surface area (Å²) in [7, 11) is -1.29. The summed E-state index contributed by atoms with van der Waals surface area (Å²) in [5, 5.41) is 0.646. The molecule has 106 valence electrons. The fourth-order valence-electron chi connectivity index (χ4n) is 1.96. The van der Waals surface area contributed by atoms with Gasteiger partial charge in [0, 0.05) is 19.6 Å². The Morgan fingerprint density at radius 2 is 1.62 bits per heavy atom. The van der Waals surface area contributed by atoms with E-state index in [2.05, 4.69) is 25.9 Å². The maximum Gasteiger partial charge on any atom is 0.222 e. The van der Waals surface area contributed by atoms with Crippen LogP contribution in [0.1, 0.15) is 0 Å². The minimum atomic E-state index is -1.29. The number of hydrogen-bond acceptors (Lipinski definition) is 5. The number of nitrogens with two attached hydrogens (primary N) is 2. The van der Waals surface area contributed by atoms with Gasteiger partial charge < -0.3 is 11.5 Å². The van der Waals surface area contributed by atoms with Crippen LogP contribution in [0.25, 0.3) is 10.9 Å². The molecule has 0 unspecified atom stereocenters. The van der Waals surface area contributed by atoms with E-state index in [9.17, 15) is 4.21 Å². The summed E-state index contributed by atoms with van der Waals surface area (Å²) in [4.78, 5) is 9.39. The van der Waals surface area contributed by atoms with E-state index in [-0.39, 0.29) is 11.8 Å². The molecule has 0 aliphatic carbocycles. The Kier molecular flexibility index (Phi) is 3.60. The second kappa shape index (κ2) is 5.42. The van der Waals surface area contributed by atoms with Crippen molar-refractivity contribution >= 4 is 49.4 Å². The smallest absolute Gasteiger partial charge is 0.222 e. The SMILES string of the molecule is Nc1nc(N)c2cc([S@](=O)c3ccc(Br)cc3)ccc2n1. The fraction of sp³-hybridized carbons (Fsp3) is 0. The van der Waals surface area contributed by atoms with E-state index in [1.807, 2.05) is 24.3 Å². The van der Waals surface area contributed by atoms with Gasteiger partial charge in [-0.1, -0.05) is 15.9 Å². The van der Waals surface area contributed by atoms with Crippen molar-refractivity contribution in [3.8, 4) is 0 Å². The van der Waals surface area contributed by atoms with Gasteiger partial charge in [0.2, 0.25) is 5.95 Å². The highest BCUT2D eigenvalue weighted by Crippen LogP contribution is 2.25. The Bertz CT molecular complexity index is 851. The molecule has 7 heteroatoms. The minimum Gasteiger partial charge on any atom is -0.383 e. The van der Waals surface area contributed by atoms with Crippen molar-refractivity contribution in [2.45, 2.75) is 9.79 Å². The highest BCUT2D eigenvalue weighted by Gasteiger charge is 2.10. The zero-order valence-corrected chi connectivity index (χ0v) is 13.2. The second-order valence-electron chi connectivity index (χ2n) is 4.37. The molecule has 5 nitrogen and oxygen atoms in total. The van der Waals surface area contributed by atoms with E-state index in [0.29, 0.717) is 20.7 Å². The molecule has 0 spiro atoms. The molecular formula is C14H11BrN4OS. The first-order chi connectivity index (χ1) is 10.0. The lowest BCUT2D eigenvalue weighted by atomic mass is 10.2. The number of rotatable bonds is 2. The average Bonchev–Trinajstić information content (AvgIpc) is 2.47. The fourth-order valence-corrected chi connectivity index (χ4v) is 3.30. The highest BCUT2D eigenvalue weighted by molar-refractivity contribution is 9.10. The molecule has 4 N–H and O–H groups in total.